The molecule has 5 rings (SSSR count). The van der Waals surface area contributed by atoms with Gasteiger partial charge in [-0.2, -0.15) is 5.10 Å². The Bertz CT molecular complexity index is 844. The van der Waals surface area contributed by atoms with E-state index in [9.17, 15) is 4.79 Å². The average molecular weight is 354 g/mol. The smallest absolute Gasteiger partial charge is 0.275 e. The topological polar surface area (TPSA) is 76.4 Å². The summed E-state index contributed by atoms with van der Waals surface area (Å²) in [4.78, 5) is 26.6. The molecule has 2 atom stereocenters. The maximum Gasteiger partial charge on any atom is 0.275 e. The molecule has 2 saturated heterocycles. The maximum atomic E-state index is 13.0. The molecule has 136 valence electrons. The van der Waals surface area contributed by atoms with E-state index in [0.29, 0.717) is 5.69 Å². The van der Waals surface area contributed by atoms with Gasteiger partial charge < -0.3 is 14.5 Å². The van der Waals surface area contributed by atoms with Gasteiger partial charge in [0.15, 0.2) is 0 Å². The van der Waals surface area contributed by atoms with Gasteiger partial charge in [0.2, 0.25) is 5.95 Å². The minimum atomic E-state index is 0.0148. The van der Waals surface area contributed by atoms with E-state index >= 15 is 0 Å². The van der Waals surface area contributed by atoms with E-state index in [1.54, 1.807) is 10.7 Å². The zero-order chi connectivity index (χ0) is 17.7. The van der Waals surface area contributed by atoms with Crippen LogP contribution in [0.4, 0.5) is 5.95 Å². The first kappa shape index (κ1) is 15.7. The molecule has 0 saturated carbocycles. The number of morpholine rings is 1. The molecule has 8 heteroatoms. The quantitative estimate of drug-likeness (QED) is 0.799. The Labute approximate surface area is 151 Å². The van der Waals surface area contributed by atoms with Gasteiger partial charge in [-0.15, -0.1) is 0 Å². The van der Waals surface area contributed by atoms with Crippen molar-refractivity contribution in [3.63, 3.8) is 0 Å². The standard InChI is InChI=1S/C18H22N6O2/c1-22-5-4-14(21-22)17(25)24-12-2-3-16(24)13-11-19-18(20-15(13)10-12)23-6-8-26-9-7-23/h4-5,11-12,16H,2-3,6-10H2,1H3/t12-,16+/m0/s1. The fourth-order valence-corrected chi connectivity index (χ4v) is 4.35. The highest BCUT2D eigenvalue weighted by molar-refractivity contribution is 5.93. The SMILES string of the molecule is Cn1ccc(C(=O)N2[C@H]3CC[C@@H]2c2cnc(N4CCOCC4)nc2C3)n1. The Hall–Kier alpha value is -2.48. The lowest BCUT2D eigenvalue weighted by Crippen LogP contribution is -2.43. The summed E-state index contributed by atoms with van der Waals surface area (Å²) in [6, 6.07) is 2.06. The van der Waals surface area contributed by atoms with Crippen LogP contribution in [0.25, 0.3) is 0 Å². The molecule has 0 radical (unpaired) electrons. The molecule has 8 nitrogen and oxygen atoms in total. The molecule has 26 heavy (non-hydrogen) atoms. The van der Waals surface area contributed by atoms with Crippen LogP contribution in [-0.2, 0) is 18.2 Å². The zero-order valence-corrected chi connectivity index (χ0v) is 14.8. The molecule has 0 N–H and O–H groups in total. The summed E-state index contributed by atoms with van der Waals surface area (Å²) < 4.78 is 7.08. The number of carbonyl (C=O) groups is 1. The fourth-order valence-electron chi connectivity index (χ4n) is 4.35. The van der Waals surface area contributed by atoms with Crippen molar-refractivity contribution in [3.8, 4) is 0 Å². The molecular weight excluding hydrogens is 332 g/mol. The van der Waals surface area contributed by atoms with Crippen LogP contribution in [0.15, 0.2) is 18.5 Å². The second-order valence-corrected chi connectivity index (χ2v) is 7.21. The molecule has 2 fully saturated rings. The summed E-state index contributed by atoms with van der Waals surface area (Å²) in [5, 5.41) is 4.29. The largest absolute Gasteiger partial charge is 0.378 e. The number of carbonyl (C=O) groups excluding carboxylic acids is 1. The third-order valence-corrected chi connectivity index (χ3v) is 5.64. The van der Waals surface area contributed by atoms with E-state index in [0.717, 1.165) is 62.8 Å². The van der Waals surface area contributed by atoms with Gasteiger partial charge in [-0.05, 0) is 18.9 Å². The highest BCUT2D eigenvalue weighted by Crippen LogP contribution is 2.43. The van der Waals surface area contributed by atoms with Crippen molar-refractivity contribution in [3.05, 3.63) is 35.4 Å². The lowest BCUT2D eigenvalue weighted by atomic mass is 9.99. The summed E-state index contributed by atoms with van der Waals surface area (Å²) >= 11 is 0. The monoisotopic (exact) mass is 354 g/mol. The van der Waals surface area contributed by atoms with Gasteiger partial charge in [0.1, 0.15) is 5.69 Å². The normalized spacial score (nSPS) is 24.7. The van der Waals surface area contributed by atoms with Crippen LogP contribution in [0.5, 0.6) is 0 Å². The molecule has 3 aliphatic rings. The predicted octanol–water partition coefficient (Wildman–Crippen LogP) is 0.949. The Morgan fingerprint density at radius 2 is 2.12 bits per heavy atom. The molecule has 0 unspecified atom stereocenters. The number of fused-ring (bicyclic) bond motifs is 4. The first-order valence-electron chi connectivity index (χ1n) is 9.21. The molecule has 2 aromatic heterocycles. The fraction of sp³-hybridized carbons (Fsp3) is 0.556. The van der Waals surface area contributed by atoms with Crippen LogP contribution >= 0.6 is 0 Å². The molecule has 0 spiro atoms. The van der Waals surface area contributed by atoms with Crippen LogP contribution in [0, 0.1) is 0 Å². The van der Waals surface area contributed by atoms with Crippen molar-refractivity contribution in [2.24, 2.45) is 7.05 Å². The number of ether oxygens (including phenoxy) is 1. The van der Waals surface area contributed by atoms with Gasteiger partial charge in [0.05, 0.1) is 24.9 Å². The van der Waals surface area contributed by atoms with Crippen LogP contribution in [0.1, 0.15) is 40.6 Å². The van der Waals surface area contributed by atoms with Crippen LogP contribution < -0.4 is 4.90 Å². The van der Waals surface area contributed by atoms with Crippen LogP contribution in [0.3, 0.4) is 0 Å². The van der Waals surface area contributed by atoms with Gasteiger partial charge in [-0.1, -0.05) is 0 Å². The second-order valence-electron chi connectivity index (χ2n) is 7.21. The van der Waals surface area contributed by atoms with Crippen molar-refractivity contribution >= 4 is 11.9 Å². The molecule has 2 aromatic rings. The minimum Gasteiger partial charge on any atom is -0.378 e. The number of hydrogen-bond acceptors (Lipinski definition) is 6. The number of amides is 1. The van der Waals surface area contributed by atoms with Crippen molar-refractivity contribution < 1.29 is 9.53 Å². The molecule has 0 aliphatic carbocycles. The van der Waals surface area contributed by atoms with Gasteiger partial charge in [-0.25, -0.2) is 9.97 Å². The lowest BCUT2D eigenvalue weighted by molar-refractivity contribution is 0.0636. The van der Waals surface area contributed by atoms with Crippen LogP contribution in [-0.4, -0.2) is 62.9 Å². The van der Waals surface area contributed by atoms with E-state index in [4.69, 9.17) is 9.72 Å². The van der Waals surface area contributed by atoms with E-state index in [1.165, 1.54) is 0 Å². The third kappa shape index (κ3) is 2.47. The highest BCUT2D eigenvalue weighted by Gasteiger charge is 2.44. The third-order valence-electron chi connectivity index (χ3n) is 5.64. The molecule has 1 amide bonds. The summed E-state index contributed by atoms with van der Waals surface area (Å²) in [6.45, 7) is 3.10. The molecule has 3 aliphatic heterocycles. The summed E-state index contributed by atoms with van der Waals surface area (Å²) in [7, 11) is 1.83. The molecule has 2 bridgehead atoms. The summed E-state index contributed by atoms with van der Waals surface area (Å²) in [5.41, 5.74) is 2.71. The van der Waals surface area contributed by atoms with E-state index in [-0.39, 0.29) is 18.0 Å². The number of rotatable bonds is 2. The van der Waals surface area contributed by atoms with E-state index in [2.05, 4.69) is 15.0 Å². The summed E-state index contributed by atoms with van der Waals surface area (Å²) in [5.74, 6) is 0.803. The first-order chi connectivity index (χ1) is 12.7. The first-order valence-corrected chi connectivity index (χ1v) is 9.21. The number of anilines is 1. The Morgan fingerprint density at radius 1 is 1.27 bits per heavy atom. The minimum absolute atomic E-state index is 0.0148. The maximum absolute atomic E-state index is 13.0. The van der Waals surface area contributed by atoms with E-state index in [1.807, 2.05) is 24.3 Å². The Balaban J connectivity index is 1.44. The van der Waals surface area contributed by atoms with Crippen molar-refractivity contribution in [2.75, 3.05) is 31.2 Å². The van der Waals surface area contributed by atoms with Crippen LogP contribution in [0.2, 0.25) is 0 Å². The molecule has 0 aromatic carbocycles. The molecular formula is C18H22N6O2. The Kier molecular flexibility index (Phi) is 3.66. The number of aromatic nitrogens is 4. The average Bonchev–Trinajstić information content (AvgIpc) is 3.24. The number of aryl methyl sites for hydroxylation is 1. The number of nitrogens with zero attached hydrogens (tertiary/aromatic N) is 6. The van der Waals surface area contributed by atoms with Crippen molar-refractivity contribution in [1.29, 1.82) is 0 Å². The van der Waals surface area contributed by atoms with E-state index < -0.39 is 0 Å². The zero-order valence-electron chi connectivity index (χ0n) is 14.8. The Morgan fingerprint density at radius 3 is 2.88 bits per heavy atom. The van der Waals surface area contributed by atoms with Gasteiger partial charge in [-0.3, -0.25) is 9.48 Å². The number of hydrogen-bond donors (Lipinski definition) is 0. The highest BCUT2D eigenvalue weighted by atomic mass is 16.5. The lowest BCUT2D eigenvalue weighted by Gasteiger charge is -2.36. The van der Waals surface area contributed by atoms with Gasteiger partial charge in [0, 0.05) is 50.6 Å². The second kappa shape index (κ2) is 6.05. The molecule has 5 heterocycles. The van der Waals surface area contributed by atoms with Gasteiger partial charge >= 0.3 is 0 Å². The predicted molar refractivity (Wildman–Crippen MR) is 93.9 cm³/mol. The summed E-state index contributed by atoms with van der Waals surface area (Å²) in [6.07, 6.45) is 6.51. The van der Waals surface area contributed by atoms with Crippen molar-refractivity contribution in [2.45, 2.75) is 31.3 Å². The van der Waals surface area contributed by atoms with Gasteiger partial charge in [0.25, 0.3) is 5.91 Å². The van der Waals surface area contributed by atoms with Crippen molar-refractivity contribution in [1.82, 2.24) is 24.6 Å².